The van der Waals surface area contributed by atoms with Crippen molar-refractivity contribution < 1.29 is 43.3 Å². The molecule has 12 heteroatoms. The maximum absolute atomic E-state index is 12.7. The lowest BCUT2D eigenvalue weighted by atomic mass is 10.0. The zero-order chi connectivity index (χ0) is 24.6. The van der Waals surface area contributed by atoms with E-state index in [2.05, 4.69) is 16.0 Å². The molecule has 182 valence electrons. The first kappa shape index (κ1) is 27.1. The second kappa shape index (κ2) is 11.7. The Morgan fingerprint density at radius 1 is 1.03 bits per heavy atom. The fourth-order valence-corrected chi connectivity index (χ4v) is 2.64. The first-order valence-electron chi connectivity index (χ1n) is 10.4. The van der Waals surface area contributed by atoms with Gasteiger partial charge in [-0.15, -0.1) is 0 Å². The molecule has 12 nitrogen and oxygen atoms in total. The minimum atomic E-state index is -1.47. The number of aliphatic carboxylic acids is 1. The smallest absolute Gasteiger partial charge is 0.408 e. The van der Waals surface area contributed by atoms with Crippen LogP contribution in [-0.4, -0.2) is 78.0 Å². The molecular formula is C20H33N3O9. The third-order valence-corrected chi connectivity index (χ3v) is 4.08. The predicted octanol–water partition coefficient (Wildman–Crippen LogP) is -0.0581. The van der Waals surface area contributed by atoms with Crippen molar-refractivity contribution in [2.24, 2.45) is 5.92 Å². The third kappa shape index (κ3) is 9.50. The maximum atomic E-state index is 12.7. The molecule has 1 aliphatic rings. The Morgan fingerprint density at radius 2 is 1.66 bits per heavy atom. The molecule has 32 heavy (non-hydrogen) atoms. The average Bonchev–Trinajstić information content (AvgIpc) is 3.43. The van der Waals surface area contributed by atoms with Gasteiger partial charge in [-0.25, -0.2) is 14.4 Å². The highest BCUT2D eigenvalue weighted by Crippen LogP contribution is 2.23. The largest absolute Gasteiger partial charge is 0.480 e. The summed E-state index contributed by atoms with van der Waals surface area (Å²) in [5, 5.41) is 16.5. The fraction of sp³-hybridized carbons (Fsp3) is 0.750. The van der Waals surface area contributed by atoms with Crippen molar-refractivity contribution in [3.63, 3.8) is 0 Å². The Balaban J connectivity index is 2.68. The van der Waals surface area contributed by atoms with E-state index in [4.69, 9.17) is 14.2 Å². The van der Waals surface area contributed by atoms with Crippen LogP contribution in [0.2, 0.25) is 0 Å². The number of nitrogens with one attached hydrogen (secondary N) is 3. The van der Waals surface area contributed by atoms with Crippen LogP contribution in [-0.2, 0) is 33.4 Å². The molecule has 1 saturated heterocycles. The van der Waals surface area contributed by atoms with Crippen LogP contribution in [0.15, 0.2) is 0 Å². The number of epoxide rings is 1. The van der Waals surface area contributed by atoms with Gasteiger partial charge < -0.3 is 35.3 Å². The van der Waals surface area contributed by atoms with Crippen molar-refractivity contribution in [1.82, 2.24) is 16.0 Å². The van der Waals surface area contributed by atoms with Gasteiger partial charge in [0.05, 0.1) is 6.61 Å². The van der Waals surface area contributed by atoms with Crippen LogP contribution >= 0.6 is 0 Å². The standard InChI is InChI=1S/C20H33N3O9/c1-7-30-18(28)14-13(31-14)16(25)21-9-12(17(26)27)22-15(24)11(8-10(2)3)23-19(29)32-20(4,5)6/h10-14H,7-9H2,1-6H3,(H,21,25)(H,22,24)(H,23,29)(H,26,27)/t11-,12-,13-,14-/m0/s1. The summed E-state index contributed by atoms with van der Waals surface area (Å²) in [7, 11) is 0. The number of rotatable bonds is 11. The first-order chi connectivity index (χ1) is 14.7. The topological polar surface area (TPSA) is 173 Å². The van der Waals surface area contributed by atoms with Crippen molar-refractivity contribution in [3.8, 4) is 0 Å². The normalized spacial score (nSPS) is 19.3. The van der Waals surface area contributed by atoms with Crippen LogP contribution in [0.5, 0.6) is 0 Å². The predicted molar refractivity (Wildman–Crippen MR) is 110 cm³/mol. The number of hydrogen-bond acceptors (Lipinski definition) is 8. The zero-order valence-electron chi connectivity index (χ0n) is 19.2. The summed E-state index contributed by atoms with van der Waals surface area (Å²) in [6, 6.07) is -2.51. The lowest BCUT2D eigenvalue weighted by Crippen LogP contribution is -2.55. The monoisotopic (exact) mass is 459 g/mol. The van der Waals surface area contributed by atoms with E-state index in [0.717, 1.165) is 0 Å². The third-order valence-electron chi connectivity index (χ3n) is 4.08. The molecule has 1 rings (SSSR count). The molecule has 0 radical (unpaired) electrons. The van der Waals surface area contributed by atoms with Gasteiger partial charge in [-0.1, -0.05) is 13.8 Å². The van der Waals surface area contributed by atoms with Crippen molar-refractivity contribution in [1.29, 1.82) is 0 Å². The highest BCUT2D eigenvalue weighted by atomic mass is 16.6. The van der Waals surface area contributed by atoms with Crippen molar-refractivity contribution >= 4 is 29.8 Å². The van der Waals surface area contributed by atoms with E-state index >= 15 is 0 Å². The molecule has 0 aromatic carbocycles. The van der Waals surface area contributed by atoms with Gasteiger partial charge in [-0.3, -0.25) is 9.59 Å². The average molecular weight is 459 g/mol. The molecule has 1 fully saturated rings. The first-order valence-corrected chi connectivity index (χ1v) is 10.4. The van der Waals surface area contributed by atoms with E-state index in [1.807, 2.05) is 13.8 Å². The molecule has 0 aromatic heterocycles. The second-order valence-electron chi connectivity index (χ2n) is 8.70. The number of ether oxygens (including phenoxy) is 3. The van der Waals surface area contributed by atoms with Gasteiger partial charge in [0.1, 0.15) is 17.7 Å². The SMILES string of the molecule is CCOC(=O)[C@H]1O[C@@H]1C(=O)NC[C@H](NC(=O)[C@H](CC(C)C)NC(=O)OC(C)(C)C)C(=O)O. The summed E-state index contributed by atoms with van der Waals surface area (Å²) in [4.78, 5) is 59.9. The van der Waals surface area contributed by atoms with Crippen LogP contribution in [0.3, 0.4) is 0 Å². The van der Waals surface area contributed by atoms with E-state index in [-0.39, 0.29) is 18.9 Å². The van der Waals surface area contributed by atoms with Gasteiger partial charge in [0.15, 0.2) is 12.2 Å². The van der Waals surface area contributed by atoms with Gasteiger partial charge in [-0.05, 0) is 40.0 Å². The van der Waals surface area contributed by atoms with Gasteiger partial charge in [0.25, 0.3) is 5.91 Å². The summed E-state index contributed by atoms with van der Waals surface area (Å²) in [5.41, 5.74) is -0.775. The molecule has 0 bridgehead atoms. The molecule has 1 aliphatic heterocycles. The Labute approximate surface area is 186 Å². The number of carbonyl (C=O) groups is 5. The minimum absolute atomic E-state index is 0.00972. The van der Waals surface area contributed by atoms with Crippen LogP contribution in [0.25, 0.3) is 0 Å². The van der Waals surface area contributed by atoms with Crippen LogP contribution in [0, 0.1) is 5.92 Å². The van der Waals surface area contributed by atoms with Crippen molar-refractivity contribution in [3.05, 3.63) is 0 Å². The van der Waals surface area contributed by atoms with E-state index < -0.39 is 66.3 Å². The molecule has 1 heterocycles. The minimum Gasteiger partial charge on any atom is -0.480 e. The number of carbonyl (C=O) groups excluding carboxylic acids is 4. The molecule has 0 aromatic rings. The maximum Gasteiger partial charge on any atom is 0.408 e. The van der Waals surface area contributed by atoms with Crippen molar-refractivity contribution in [2.45, 2.75) is 77.9 Å². The Morgan fingerprint density at radius 3 is 2.16 bits per heavy atom. The Hall–Kier alpha value is -2.89. The van der Waals surface area contributed by atoms with Crippen LogP contribution in [0.4, 0.5) is 4.79 Å². The number of carboxylic acids is 1. The number of carboxylic acid groups (broad SMARTS) is 1. The van der Waals surface area contributed by atoms with Gasteiger partial charge in [-0.2, -0.15) is 0 Å². The van der Waals surface area contributed by atoms with E-state index in [9.17, 15) is 29.1 Å². The molecule has 0 unspecified atom stereocenters. The van der Waals surface area contributed by atoms with E-state index in [0.29, 0.717) is 0 Å². The summed E-state index contributed by atoms with van der Waals surface area (Å²) in [5.74, 6) is -3.50. The molecule has 0 aliphatic carbocycles. The summed E-state index contributed by atoms with van der Waals surface area (Å²) < 4.78 is 14.8. The molecule has 4 N–H and O–H groups in total. The van der Waals surface area contributed by atoms with E-state index in [1.165, 1.54) is 0 Å². The van der Waals surface area contributed by atoms with Gasteiger partial charge in [0, 0.05) is 6.54 Å². The number of alkyl carbamates (subject to hydrolysis) is 1. The second-order valence-corrected chi connectivity index (χ2v) is 8.70. The quantitative estimate of drug-likeness (QED) is 0.244. The highest BCUT2D eigenvalue weighted by Gasteiger charge is 2.51. The summed E-state index contributed by atoms with van der Waals surface area (Å²) in [6.45, 7) is 9.98. The number of hydrogen-bond donors (Lipinski definition) is 4. The molecule has 3 amide bonds. The molecule has 0 saturated carbocycles. The van der Waals surface area contributed by atoms with E-state index in [1.54, 1.807) is 27.7 Å². The van der Waals surface area contributed by atoms with Crippen LogP contribution in [0.1, 0.15) is 48.0 Å². The van der Waals surface area contributed by atoms with Gasteiger partial charge >= 0.3 is 18.0 Å². The number of esters is 1. The molecule has 4 atom stereocenters. The highest BCUT2D eigenvalue weighted by molar-refractivity contribution is 5.93. The lowest BCUT2D eigenvalue weighted by molar-refractivity contribution is -0.145. The zero-order valence-corrected chi connectivity index (χ0v) is 19.2. The molecular weight excluding hydrogens is 426 g/mol. The molecule has 0 spiro atoms. The van der Waals surface area contributed by atoms with Gasteiger partial charge in [0.2, 0.25) is 5.91 Å². The number of amides is 3. The van der Waals surface area contributed by atoms with Crippen LogP contribution < -0.4 is 16.0 Å². The Kier molecular flexibility index (Phi) is 9.88. The van der Waals surface area contributed by atoms with Crippen molar-refractivity contribution in [2.75, 3.05) is 13.2 Å². The Bertz CT molecular complexity index is 718. The summed E-state index contributed by atoms with van der Waals surface area (Å²) in [6.07, 6.45) is -2.67. The lowest BCUT2D eigenvalue weighted by Gasteiger charge is -2.25. The summed E-state index contributed by atoms with van der Waals surface area (Å²) >= 11 is 0. The fourth-order valence-electron chi connectivity index (χ4n) is 2.64.